The lowest BCUT2D eigenvalue weighted by Crippen LogP contribution is -2.42. The fourth-order valence-electron chi connectivity index (χ4n) is 2.37. The average molecular weight is 397 g/mol. The number of halogens is 2. The Bertz CT molecular complexity index is 650. The van der Waals surface area contributed by atoms with Gasteiger partial charge < -0.3 is 10.0 Å². The smallest absolute Gasteiger partial charge is 0.254 e. The lowest BCUT2D eigenvalue weighted by Gasteiger charge is -2.27. The van der Waals surface area contributed by atoms with Crippen molar-refractivity contribution in [3.05, 3.63) is 33.3 Å². The largest absolute Gasteiger partial charge is 0.395 e. The topological polar surface area (TPSA) is 74.7 Å². The highest BCUT2D eigenvalue weighted by Crippen LogP contribution is 2.25. The van der Waals surface area contributed by atoms with Gasteiger partial charge in [0.2, 0.25) is 0 Å². The minimum Gasteiger partial charge on any atom is -0.395 e. The molecule has 21 heavy (non-hydrogen) atoms. The quantitative estimate of drug-likeness (QED) is 0.841. The second-order valence-corrected chi connectivity index (χ2v) is 8.40. The van der Waals surface area contributed by atoms with Crippen LogP contribution in [0.3, 0.4) is 0 Å². The number of hydrogen-bond acceptors (Lipinski definition) is 4. The fraction of sp³-hybridized carbons (Fsp3) is 0.462. The van der Waals surface area contributed by atoms with Gasteiger partial charge in [0.15, 0.2) is 9.84 Å². The molecular weight excluding hydrogens is 382 g/mol. The lowest BCUT2D eigenvalue weighted by atomic mass is 10.1. The van der Waals surface area contributed by atoms with E-state index in [-0.39, 0.29) is 30.6 Å². The molecule has 5 nitrogen and oxygen atoms in total. The number of aliphatic hydroxyl groups is 1. The Morgan fingerprint density at radius 2 is 2.19 bits per heavy atom. The Morgan fingerprint density at radius 3 is 2.71 bits per heavy atom. The molecule has 0 bridgehead atoms. The molecule has 1 fully saturated rings. The highest BCUT2D eigenvalue weighted by molar-refractivity contribution is 9.10. The van der Waals surface area contributed by atoms with Gasteiger partial charge in [0, 0.05) is 22.6 Å². The van der Waals surface area contributed by atoms with E-state index in [1.165, 1.54) is 11.0 Å². The van der Waals surface area contributed by atoms with Crippen molar-refractivity contribution in [2.24, 2.45) is 0 Å². The van der Waals surface area contributed by atoms with Crippen molar-refractivity contribution in [1.29, 1.82) is 0 Å². The number of rotatable bonds is 4. The molecule has 1 aliphatic heterocycles. The summed E-state index contributed by atoms with van der Waals surface area (Å²) in [6, 6.07) is 4.42. The second-order valence-electron chi connectivity index (χ2n) is 4.91. The molecule has 2 rings (SSSR count). The van der Waals surface area contributed by atoms with Gasteiger partial charge in [-0.2, -0.15) is 0 Å². The zero-order valence-electron chi connectivity index (χ0n) is 11.1. The van der Waals surface area contributed by atoms with E-state index in [4.69, 9.17) is 16.7 Å². The minimum absolute atomic E-state index is 0.0526. The normalized spacial score (nSPS) is 20.4. The summed E-state index contributed by atoms with van der Waals surface area (Å²) in [7, 11) is -3.10. The molecule has 0 aliphatic carbocycles. The van der Waals surface area contributed by atoms with Gasteiger partial charge in [0.25, 0.3) is 5.91 Å². The van der Waals surface area contributed by atoms with Crippen LogP contribution in [0.2, 0.25) is 5.02 Å². The number of nitrogens with zero attached hydrogens (tertiary/aromatic N) is 1. The zero-order valence-corrected chi connectivity index (χ0v) is 14.3. The zero-order chi connectivity index (χ0) is 15.6. The molecular formula is C13H15BrClNO4S. The summed E-state index contributed by atoms with van der Waals surface area (Å²) >= 11 is 9.23. The Balaban J connectivity index is 2.25. The molecule has 0 radical (unpaired) electrons. The third-order valence-corrected chi connectivity index (χ3v) is 6.40. The van der Waals surface area contributed by atoms with Crippen molar-refractivity contribution in [2.45, 2.75) is 12.5 Å². The molecule has 116 valence electrons. The van der Waals surface area contributed by atoms with E-state index in [1.54, 1.807) is 12.1 Å². The number of carbonyl (C=O) groups is 1. The van der Waals surface area contributed by atoms with Crippen molar-refractivity contribution in [3.63, 3.8) is 0 Å². The van der Waals surface area contributed by atoms with Gasteiger partial charge >= 0.3 is 0 Å². The van der Waals surface area contributed by atoms with Gasteiger partial charge in [-0.05, 0) is 40.5 Å². The predicted octanol–water partition coefficient (Wildman–Crippen LogP) is 1.72. The maximum atomic E-state index is 12.5. The van der Waals surface area contributed by atoms with Crippen molar-refractivity contribution in [3.8, 4) is 0 Å². The van der Waals surface area contributed by atoms with Crippen molar-refractivity contribution >= 4 is 43.3 Å². The van der Waals surface area contributed by atoms with E-state index < -0.39 is 15.9 Å². The Hall–Kier alpha value is -0.630. The first-order chi connectivity index (χ1) is 9.84. The Kier molecular flexibility index (Phi) is 5.29. The van der Waals surface area contributed by atoms with E-state index in [0.29, 0.717) is 21.5 Å². The number of benzene rings is 1. The van der Waals surface area contributed by atoms with Crippen LogP contribution in [-0.4, -0.2) is 55.0 Å². The first-order valence-electron chi connectivity index (χ1n) is 6.41. The SMILES string of the molecule is O=C(c1ccc(Br)c(Cl)c1)N(CCO)C1CCS(=O)(=O)C1. The maximum absolute atomic E-state index is 12.5. The highest BCUT2D eigenvalue weighted by atomic mass is 79.9. The van der Waals surface area contributed by atoms with Gasteiger partial charge in [0.1, 0.15) is 0 Å². The van der Waals surface area contributed by atoms with Crippen LogP contribution in [0.25, 0.3) is 0 Å². The minimum atomic E-state index is -3.10. The van der Waals surface area contributed by atoms with E-state index in [2.05, 4.69) is 15.9 Å². The first kappa shape index (κ1) is 16.7. The summed E-state index contributed by atoms with van der Waals surface area (Å²) in [5, 5.41) is 9.55. The Morgan fingerprint density at radius 1 is 1.48 bits per heavy atom. The summed E-state index contributed by atoms with van der Waals surface area (Å²) in [5.74, 6) is -0.294. The summed E-state index contributed by atoms with van der Waals surface area (Å²) in [5.41, 5.74) is 0.376. The molecule has 1 saturated heterocycles. The Labute approximate surface area is 136 Å². The molecule has 1 aromatic carbocycles. The van der Waals surface area contributed by atoms with Crippen LogP contribution in [0.4, 0.5) is 0 Å². The van der Waals surface area contributed by atoms with Gasteiger partial charge in [-0.25, -0.2) is 8.42 Å². The third-order valence-electron chi connectivity index (χ3n) is 3.42. The summed E-state index contributed by atoms with van der Waals surface area (Å²) in [6.45, 7) is -0.112. The van der Waals surface area contributed by atoms with Gasteiger partial charge in [-0.15, -0.1) is 0 Å². The van der Waals surface area contributed by atoms with Crippen LogP contribution in [0, 0.1) is 0 Å². The van der Waals surface area contributed by atoms with Crippen molar-refractivity contribution < 1.29 is 18.3 Å². The lowest BCUT2D eigenvalue weighted by molar-refractivity contribution is 0.0655. The molecule has 1 aliphatic rings. The van der Waals surface area contributed by atoms with E-state index in [9.17, 15) is 13.2 Å². The molecule has 1 aromatic rings. The molecule has 1 atom stereocenters. The molecule has 1 unspecified atom stereocenters. The summed E-state index contributed by atoms with van der Waals surface area (Å²) in [6.07, 6.45) is 0.401. The molecule has 8 heteroatoms. The number of hydrogen-bond donors (Lipinski definition) is 1. The second kappa shape index (κ2) is 6.64. The molecule has 0 spiro atoms. The number of aliphatic hydroxyl groups excluding tert-OH is 1. The van der Waals surface area contributed by atoms with Crippen LogP contribution in [0.1, 0.15) is 16.8 Å². The van der Waals surface area contributed by atoms with Crippen LogP contribution >= 0.6 is 27.5 Å². The van der Waals surface area contributed by atoms with Crippen LogP contribution in [0.15, 0.2) is 22.7 Å². The summed E-state index contributed by atoms with van der Waals surface area (Å²) in [4.78, 5) is 14.0. The standard InChI is InChI=1S/C13H15BrClNO4S/c14-11-2-1-9(7-12(11)15)13(18)16(4-5-17)10-3-6-21(19,20)8-10/h1-2,7,10,17H,3-6,8H2. The molecule has 0 aromatic heterocycles. The summed E-state index contributed by atoms with van der Waals surface area (Å²) < 4.78 is 23.8. The highest BCUT2D eigenvalue weighted by Gasteiger charge is 2.34. The number of amides is 1. The number of sulfone groups is 1. The maximum Gasteiger partial charge on any atom is 0.254 e. The van der Waals surface area contributed by atoms with E-state index in [0.717, 1.165) is 0 Å². The average Bonchev–Trinajstić information content (AvgIpc) is 2.78. The van der Waals surface area contributed by atoms with Gasteiger partial charge in [-0.3, -0.25) is 4.79 Å². The fourth-order valence-corrected chi connectivity index (χ4v) is 4.53. The van der Waals surface area contributed by atoms with Crippen LogP contribution in [-0.2, 0) is 9.84 Å². The van der Waals surface area contributed by atoms with Gasteiger partial charge in [-0.1, -0.05) is 11.6 Å². The predicted molar refractivity (Wildman–Crippen MR) is 84.3 cm³/mol. The van der Waals surface area contributed by atoms with Crippen LogP contribution in [0.5, 0.6) is 0 Å². The number of carbonyl (C=O) groups excluding carboxylic acids is 1. The third kappa shape index (κ3) is 3.97. The molecule has 0 saturated carbocycles. The monoisotopic (exact) mass is 395 g/mol. The molecule has 1 heterocycles. The van der Waals surface area contributed by atoms with E-state index in [1.807, 2.05) is 0 Å². The van der Waals surface area contributed by atoms with E-state index >= 15 is 0 Å². The van der Waals surface area contributed by atoms with Crippen molar-refractivity contribution in [2.75, 3.05) is 24.7 Å². The van der Waals surface area contributed by atoms with Crippen molar-refractivity contribution in [1.82, 2.24) is 4.90 Å². The molecule has 1 amide bonds. The first-order valence-corrected chi connectivity index (χ1v) is 9.40. The van der Waals surface area contributed by atoms with Gasteiger partial charge in [0.05, 0.1) is 23.1 Å². The molecule has 1 N–H and O–H groups in total. The van der Waals surface area contributed by atoms with Crippen LogP contribution < -0.4 is 0 Å².